The molecule has 0 radical (unpaired) electrons. The zero-order chi connectivity index (χ0) is 10.2. The first-order valence-electron chi connectivity index (χ1n) is 4.02. The summed E-state index contributed by atoms with van der Waals surface area (Å²) < 4.78 is 23.6. The van der Waals surface area contributed by atoms with Crippen molar-refractivity contribution in [2.75, 3.05) is 6.26 Å². The number of rotatable bonds is 2. The minimum absolute atomic E-state index is 0.0453. The smallest absolute Gasteiger partial charge is 0.153 e. The molecule has 14 heavy (non-hydrogen) atoms. The Balaban J connectivity index is 2.46. The molecule has 0 N–H and O–H groups in total. The molecular weight excluding hydrogens is 202 g/mol. The lowest BCUT2D eigenvalue weighted by Gasteiger charge is -1.90. The minimum atomic E-state index is -3.03. The van der Waals surface area contributed by atoms with Gasteiger partial charge in [0.1, 0.15) is 0 Å². The number of aromatic nitrogens is 3. The number of sulfone groups is 1. The van der Waals surface area contributed by atoms with Crippen molar-refractivity contribution in [2.24, 2.45) is 0 Å². The van der Waals surface area contributed by atoms with Gasteiger partial charge >= 0.3 is 0 Å². The van der Waals surface area contributed by atoms with E-state index in [1.165, 1.54) is 6.26 Å². The highest BCUT2D eigenvalue weighted by atomic mass is 32.2. The van der Waals surface area contributed by atoms with Gasteiger partial charge in [-0.3, -0.25) is 0 Å². The second-order valence-corrected chi connectivity index (χ2v) is 5.27. The van der Waals surface area contributed by atoms with Gasteiger partial charge in [0.2, 0.25) is 0 Å². The lowest BCUT2D eigenvalue weighted by molar-refractivity contribution is 0.600. The number of imidazole rings is 1. The third-order valence-electron chi connectivity index (χ3n) is 1.70. The topological polar surface area (TPSA) is 64.3 Å². The highest BCUT2D eigenvalue weighted by molar-refractivity contribution is 7.89. The van der Waals surface area contributed by atoms with E-state index in [4.69, 9.17) is 0 Å². The lowest BCUT2D eigenvalue weighted by atomic mass is 10.6. The first kappa shape index (κ1) is 9.14. The van der Waals surface area contributed by atoms with Crippen LogP contribution in [0, 0.1) is 0 Å². The summed E-state index contributed by atoms with van der Waals surface area (Å²) in [4.78, 5) is 4.12. The third kappa shape index (κ3) is 1.90. The summed E-state index contributed by atoms with van der Waals surface area (Å²) in [5.74, 6) is -0.0453. The number of fused-ring (bicyclic) bond motifs is 1. The van der Waals surface area contributed by atoms with Crippen molar-refractivity contribution < 1.29 is 8.42 Å². The quantitative estimate of drug-likeness (QED) is 0.715. The molecule has 0 aliphatic carbocycles. The van der Waals surface area contributed by atoms with E-state index < -0.39 is 9.84 Å². The van der Waals surface area contributed by atoms with E-state index in [1.807, 2.05) is 0 Å². The van der Waals surface area contributed by atoms with Crippen LogP contribution in [0.25, 0.3) is 5.65 Å². The number of hydrogen-bond acceptors (Lipinski definition) is 4. The Morgan fingerprint density at radius 2 is 2.29 bits per heavy atom. The predicted octanol–water partition coefficient (Wildman–Crippen LogP) is 0.274. The Morgan fingerprint density at radius 3 is 2.93 bits per heavy atom. The van der Waals surface area contributed by atoms with Gasteiger partial charge in [0.05, 0.1) is 17.6 Å². The van der Waals surface area contributed by atoms with Crippen molar-refractivity contribution in [3.05, 3.63) is 30.2 Å². The normalized spacial score (nSPS) is 12.1. The molecule has 2 rings (SSSR count). The van der Waals surface area contributed by atoms with Gasteiger partial charge in [-0.1, -0.05) is 0 Å². The zero-order valence-electron chi connectivity index (χ0n) is 7.58. The standard InChI is InChI=1S/C8H9N3O2S/c1-14(12,13)6-7-5-11-8(10-7)3-2-4-9-11/h2-5H,6H2,1H3. The molecule has 0 fully saturated rings. The zero-order valence-corrected chi connectivity index (χ0v) is 8.40. The molecule has 2 aromatic heterocycles. The van der Waals surface area contributed by atoms with Crippen molar-refractivity contribution in [1.82, 2.24) is 14.6 Å². The van der Waals surface area contributed by atoms with Gasteiger partial charge in [0, 0.05) is 12.5 Å². The van der Waals surface area contributed by atoms with Gasteiger partial charge in [0.15, 0.2) is 15.5 Å². The highest BCUT2D eigenvalue weighted by Crippen LogP contribution is 2.05. The van der Waals surface area contributed by atoms with Crippen LogP contribution in [0.1, 0.15) is 5.69 Å². The maximum absolute atomic E-state index is 11.0. The molecule has 74 valence electrons. The molecule has 0 unspecified atom stereocenters. The first-order valence-corrected chi connectivity index (χ1v) is 6.08. The van der Waals surface area contributed by atoms with Gasteiger partial charge in [-0.05, 0) is 12.1 Å². The molecule has 0 bridgehead atoms. The molecule has 0 aliphatic rings. The Hall–Kier alpha value is -1.43. The van der Waals surface area contributed by atoms with Crippen LogP contribution in [0.4, 0.5) is 0 Å². The monoisotopic (exact) mass is 211 g/mol. The summed E-state index contributed by atoms with van der Waals surface area (Å²) in [6.07, 6.45) is 4.43. The van der Waals surface area contributed by atoms with Crippen LogP contribution in [0.15, 0.2) is 24.5 Å². The predicted molar refractivity (Wildman–Crippen MR) is 51.5 cm³/mol. The summed E-state index contributed by atoms with van der Waals surface area (Å²) >= 11 is 0. The molecule has 0 saturated carbocycles. The Kier molecular flexibility index (Phi) is 1.99. The molecule has 0 aliphatic heterocycles. The molecule has 0 atom stereocenters. The Labute approximate surface area is 81.3 Å². The van der Waals surface area contributed by atoms with Crippen LogP contribution in [-0.2, 0) is 15.6 Å². The maximum atomic E-state index is 11.0. The fourth-order valence-electron chi connectivity index (χ4n) is 1.22. The first-order chi connectivity index (χ1) is 6.54. The van der Waals surface area contributed by atoms with E-state index in [0.29, 0.717) is 11.3 Å². The largest absolute Gasteiger partial charge is 0.231 e. The van der Waals surface area contributed by atoms with Crippen molar-refractivity contribution in [3.63, 3.8) is 0 Å². The molecule has 2 aromatic rings. The van der Waals surface area contributed by atoms with Gasteiger partial charge in [-0.25, -0.2) is 17.9 Å². The number of hydrogen-bond donors (Lipinski definition) is 0. The molecule has 0 saturated heterocycles. The van der Waals surface area contributed by atoms with Crippen LogP contribution < -0.4 is 0 Å². The van der Waals surface area contributed by atoms with Crippen molar-refractivity contribution in [2.45, 2.75) is 5.75 Å². The van der Waals surface area contributed by atoms with Crippen molar-refractivity contribution in [3.8, 4) is 0 Å². The van der Waals surface area contributed by atoms with E-state index in [0.717, 1.165) is 0 Å². The molecule has 0 aromatic carbocycles. The van der Waals surface area contributed by atoms with Crippen LogP contribution in [0.5, 0.6) is 0 Å². The second kappa shape index (κ2) is 3.06. The highest BCUT2D eigenvalue weighted by Gasteiger charge is 2.08. The SMILES string of the molecule is CS(=O)(=O)Cc1cn2ncccc2n1. The van der Waals surface area contributed by atoms with Gasteiger partial charge in [-0.15, -0.1) is 0 Å². The Bertz CT molecular complexity index is 526. The maximum Gasteiger partial charge on any atom is 0.153 e. The van der Waals surface area contributed by atoms with Crippen LogP contribution in [0.2, 0.25) is 0 Å². The molecular formula is C8H9N3O2S. The third-order valence-corrected chi connectivity index (χ3v) is 2.52. The molecule has 5 nitrogen and oxygen atoms in total. The summed E-state index contributed by atoms with van der Waals surface area (Å²) in [6, 6.07) is 3.53. The number of nitrogens with zero attached hydrogens (tertiary/aromatic N) is 3. The van der Waals surface area contributed by atoms with Crippen LogP contribution in [-0.4, -0.2) is 29.3 Å². The van der Waals surface area contributed by atoms with Gasteiger partial charge < -0.3 is 0 Å². The van der Waals surface area contributed by atoms with E-state index in [-0.39, 0.29) is 5.75 Å². The lowest BCUT2D eigenvalue weighted by Crippen LogP contribution is -2.00. The average molecular weight is 211 g/mol. The van der Waals surface area contributed by atoms with E-state index in [1.54, 1.807) is 29.0 Å². The minimum Gasteiger partial charge on any atom is -0.231 e. The molecule has 0 spiro atoms. The summed E-state index contributed by atoms with van der Waals surface area (Å²) in [5, 5.41) is 3.99. The van der Waals surface area contributed by atoms with Crippen molar-refractivity contribution in [1.29, 1.82) is 0 Å². The average Bonchev–Trinajstić information content (AvgIpc) is 2.42. The van der Waals surface area contributed by atoms with Crippen molar-refractivity contribution >= 4 is 15.5 Å². The van der Waals surface area contributed by atoms with Crippen LogP contribution >= 0.6 is 0 Å². The Morgan fingerprint density at radius 1 is 1.50 bits per heavy atom. The summed E-state index contributed by atoms with van der Waals surface area (Å²) in [7, 11) is -3.03. The summed E-state index contributed by atoms with van der Waals surface area (Å²) in [6.45, 7) is 0. The molecule has 0 amide bonds. The van der Waals surface area contributed by atoms with E-state index in [9.17, 15) is 8.42 Å². The van der Waals surface area contributed by atoms with E-state index >= 15 is 0 Å². The molecule has 6 heteroatoms. The summed E-state index contributed by atoms with van der Waals surface area (Å²) in [5.41, 5.74) is 1.18. The van der Waals surface area contributed by atoms with Gasteiger partial charge in [-0.2, -0.15) is 5.10 Å². The van der Waals surface area contributed by atoms with Crippen LogP contribution in [0.3, 0.4) is 0 Å². The van der Waals surface area contributed by atoms with Gasteiger partial charge in [0.25, 0.3) is 0 Å². The fraction of sp³-hybridized carbons (Fsp3) is 0.250. The molecule has 2 heterocycles. The second-order valence-electron chi connectivity index (χ2n) is 3.13. The van der Waals surface area contributed by atoms with E-state index in [2.05, 4.69) is 10.1 Å². The fourth-order valence-corrected chi connectivity index (χ4v) is 1.89.